The molecule has 7 nitrogen and oxygen atoms in total. The monoisotopic (exact) mass is 371 g/mol. The minimum Gasteiger partial charge on any atom is -0.454 e. The van der Waals surface area contributed by atoms with Gasteiger partial charge >= 0.3 is 0 Å². The van der Waals surface area contributed by atoms with E-state index >= 15 is 0 Å². The average molecular weight is 371 g/mol. The predicted octanol–water partition coefficient (Wildman–Crippen LogP) is 1.37. The molecular weight excluding hydrogens is 346 g/mol. The smallest absolute Gasteiger partial charge is 0.254 e. The van der Waals surface area contributed by atoms with Gasteiger partial charge in [0.05, 0.1) is 0 Å². The summed E-state index contributed by atoms with van der Waals surface area (Å²) < 4.78 is 10.7. The second-order valence-electron chi connectivity index (χ2n) is 7.94. The fourth-order valence-electron chi connectivity index (χ4n) is 4.82. The maximum Gasteiger partial charge on any atom is 0.254 e. The van der Waals surface area contributed by atoms with E-state index < -0.39 is 0 Å². The SMILES string of the molecule is O=C(C1CCCN1C(=O)c1ccc2c(c1)OCO2)N1CCC2CCC(C1)N2. The molecule has 3 fully saturated rings. The molecule has 0 saturated carbocycles. The normalized spacial score (nSPS) is 29.1. The molecule has 0 spiro atoms. The Morgan fingerprint density at radius 2 is 1.85 bits per heavy atom. The summed E-state index contributed by atoms with van der Waals surface area (Å²) in [6.07, 6.45) is 4.97. The van der Waals surface area contributed by atoms with Crippen molar-refractivity contribution in [2.75, 3.05) is 26.4 Å². The lowest BCUT2D eigenvalue weighted by Gasteiger charge is -2.31. The molecular formula is C20H25N3O4. The van der Waals surface area contributed by atoms with Crippen LogP contribution in [0.3, 0.4) is 0 Å². The summed E-state index contributed by atoms with van der Waals surface area (Å²) in [6.45, 7) is 2.36. The van der Waals surface area contributed by atoms with Crippen LogP contribution in [0.25, 0.3) is 0 Å². The minimum absolute atomic E-state index is 0.0985. The third-order valence-corrected chi connectivity index (χ3v) is 6.25. The van der Waals surface area contributed by atoms with E-state index in [0.29, 0.717) is 35.7 Å². The van der Waals surface area contributed by atoms with E-state index in [1.54, 1.807) is 23.1 Å². The Morgan fingerprint density at radius 3 is 2.78 bits per heavy atom. The van der Waals surface area contributed by atoms with Crippen molar-refractivity contribution in [3.05, 3.63) is 23.8 Å². The summed E-state index contributed by atoms with van der Waals surface area (Å²) in [5, 5.41) is 3.61. The summed E-state index contributed by atoms with van der Waals surface area (Å²) in [6, 6.07) is 5.84. The number of fused-ring (bicyclic) bond motifs is 3. The van der Waals surface area contributed by atoms with Crippen LogP contribution in [0.5, 0.6) is 11.5 Å². The first-order valence-electron chi connectivity index (χ1n) is 9.94. The molecule has 2 bridgehead atoms. The molecule has 0 aliphatic carbocycles. The largest absolute Gasteiger partial charge is 0.454 e. The van der Waals surface area contributed by atoms with Crippen LogP contribution in [0, 0.1) is 0 Å². The quantitative estimate of drug-likeness (QED) is 0.850. The molecule has 0 aromatic heterocycles. The molecule has 27 heavy (non-hydrogen) atoms. The summed E-state index contributed by atoms with van der Waals surface area (Å²) in [4.78, 5) is 30.0. The number of nitrogens with one attached hydrogen (secondary N) is 1. The molecule has 144 valence electrons. The van der Waals surface area contributed by atoms with Gasteiger partial charge in [-0.15, -0.1) is 0 Å². The van der Waals surface area contributed by atoms with Gasteiger partial charge in [0, 0.05) is 37.3 Å². The lowest BCUT2D eigenvalue weighted by molar-refractivity contribution is -0.135. The van der Waals surface area contributed by atoms with Crippen LogP contribution in [-0.2, 0) is 4.79 Å². The van der Waals surface area contributed by atoms with Crippen LogP contribution in [0.2, 0.25) is 0 Å². The third kappa shape index (κ3) is 3.04. The third-order valence-electron chi connectivity index (χ3n) is 6.25. The van der Waals surface area contributed by atoms with Gasteiger partial charge in [-0.1, -0.05) is 0 Å². The Morgan fingerprint density at radius 1 is 1.00 bits per heavy atom. The molecule has 2 amide bonds. The van der Waals surface area contributed by atoms with Crippen molar-refractivity contribution in [1.29, 1.82) is 0 Å². The highest BCUT2D eigenvalue weighted by molar-refractivity contribution is 5.98. The molecule has 3 saturated heterocycles. The van der Waals surface area contributed by atoms with E-state index in [4.69, 9.17) is 9.47 Å². The second kappa shape index (κ2) is 6.71. The van der Waals surface area contributed by atoms with Crippen LogP contribution in [0.15, 0.2) is 18.2 Å². The first-order chi connectivity index (χ1) is 13.2. The fourth-order valence-corrected chi connectivity index (χ4v) is 4.82. The summed E-state index contributed by atoms with van der Waals surface area (Å²) in [7, 11) is 0. The standard InChI is InChI=1S/C20H25N3O4/c24-19(13-3-6-17-18(10-13)27-12-26-17)23-8-1-2-16(23)20(25)22-9-7-14-4-5-15(11-22)21-14/h3,6,10,14-16,21H,1-2,4-5,7-9,11-12H2. The fraction of sp³-hybridized carbons (Fsp3) is 0.600. The topological polar surface area (TPSA) is 71.1 Å². The molecule has 1 aromatic rings. The van der Waals surface area contributed by atoms with Crippen LogP contribution in [-0.4, -0.2) is 66.2 Å². The number of likely N-dealkylation sites (tertiary alicyclic amines) is 2. The van der Waals surface area contributed by atoms with Gasteiger partial charge in [-0.3, -0.25) is 9.59 Å². The molecule has 1 N–H and O–H groups in total. The number of carbonyl (C=O) groups is 2. The van der Waals surface area contributed by atoms with E-state index in [2.05, 4.69) is 5.32 Å². The molecule has 3 unspecified atom stereocenters. The number of hydrogen-bond acceptors (Lipinski definition) is 5. The highest BCUT2D eigenvalue weighted by Crippen LogP contribution is 2.33. The Hall–Kier alpha value is -2.28. The number of carbonyl (C=O) groups excluding carboxylic acids is 2. The number of benzene rings is 1. The van der Waals surface area contributed by atoms with Crippen molar-refractivity contribution in [2.24, 2.45) is 0 Å². The van der Waals surface area contributed by atoms with Gasteiger partial charge in [-0.2, -0.15) is 0 Å². The maximum atomic E-state index is 13.2. The Balaban J connectivity index is 1.32. The lowest BCUT2D eigenvalue weighted by Crippen LogP contribution is -2.50. The predicted molar refractivity (Wildman–Crippen MR) is 97.8 cm³/mol. The summed E-state index contributed by atoms with van der Waals surface area (Å²) >= 11 is 0. The van der Waals surface area contributed by atoms with E-state index in [1.165, 1.54) is 6.42 Å². The lowest BCUT2D eigenvalue weighted by atomic mass is 10.1. The van der Waals surface area contributed by atoms with Crippen molar-refractivity contribution in [2.45, 2.75) is 50.2 Å². The number of ether oxygens (including phenoxy) is 2. The van der Waals surface area contributed by atoms with Crippen molar-refractivity contribution in [3.63, 3.8) is 0 Å². The van der Waals surface area contributed by atoms with Gasteiger partial charge in [0.2, 0.25) is 12.7 Å². The van der Waals surface area contributed by atoms with Crippen LogP contribution >= 0.6 is 0 Å². The maximum absolute atomic E-state index is 13.2. The van der Waals surface area contributed by atoms with Gasteiger partial charge in [0.15, 0.2) is 11.5 Å². The second-order valence-corrected chi connectivity index (χ2v) is 7.94. The van der Waals surface area contributed by atoms with E-state index in [0.717, 1.165) is 38.8 Å². The molecule has 4 heterocycles. The summed E-state index contributed by atoms with van der Waals surface area (Å²) in [5.41, 5.74) is 0.551. The number of amides is 2. The zero-order valence-corrected chi connectivity index (χ0v) is 15.4. The molecule has 4 aliphatic rings. The van der Waals surface area contributed by atoms with Gasteiger partial charge in [-0.25, -0.2) is 0 Å². The zero-order valence-electron chi connectivity index (χ0n) is 15.4. The minimum atomic E-state index is -0.348. The first-order valence-corrected chi connectivity index (χ1v) is 9.94. The van der Waals surface area contributed by atoms with Gasteiger partial charge in [-0.05, 0) is 50.3 Å². The number of hydrogen-bond donors (Lipinski definition) is 1. The van der Waals surface area contributed by atoms with Crippen molar-refractivity contribution >= 4 is 11.8 Å². The Labute approximate surface area is 158 Å². The van der Waals surface area contributed by atoms with Crippen LogP contribution < -0.4 is 14.8 Å². The van der Waals surface area contributed by atoms with E-state index in [9.17, 15) is 9.59 Å². The molecule has 1 aromatic carbocycles. The van der Waals surface area contributed by atoms with Gasteiger partial charge < -0.3 is 24.6 Å². The average Bonchev–Trinajstić information content (AvgIpc) is 3.39. The number of nitrogens with zero attached hydrogens (tertiary/aromatic N) is 2. The van der Waals surface area contributed by atoms with Crippen LogP contribution in [0.4, 0.5) is 0 Å². The first kappa shape index (κ1) is 16.9. The van der Waals surface area contributed by atoms with E-state index in [-0.39, 0.29) is 24.6 Å². The zero-order chi connectivity index (χ0) is 18.4. The Kier molecular flexibility index (Phi) is 4.19. The Bertz CT molecular complexity index is 768. The van der Waals surface area contributed by atoms with Crippen molar-refractivity contribution < 1.29 is 19.1 Å². The molecule has 3 atom stereocenters. The molecule has 7 heteroatoms. The van der Waals surface area contributed by atoms with Gasteiger partial charge in [0.25, 0.3) is 5.91 Å². The molecule has 4 aliphatic heterocycles. The number of rotatable bonds is 2. The van der Waals surface area contributed by atoms with E-state index in [1.807, 2.05) is 4.90 Å². The van der Waals surface area contributed by atoms with Gasteiger partial charge in [0.1, 0.15) is 6.04 Å². The molecule has 5 rings (SSSR count). The summed E-state index contributed by atoms with van der Waals surface area (Å²) in [5.74, 6) is 1.26. The van der Waals surface area contributed by atoms with Crippen molar-refractivity contribution in [1.82, 2.24) is 15.1 Å². The van der Waals surface area contributed by atoms with Crippen molar-refractivity contribution in [3.8, 4) is 11.5 Å². The highest BCUT2D eigenvalue weighted by Gasteiger charge is 2.39. The van der Waals surface area contributed by atoms with Crippen LogP contribution in [0.1, 0.15) is 42.5 Å². The molecule has 0 radical (unpaired) electrons. The highest BCUT2D eigenvalue weighted by atomic mass is 16.7.